The summed E-state index contributed by atoms with van der Waals surface area (Å²) < 4.78 is 0. The monoisotopic (exact) mass is 253 g/mol. The van der Waals surface area contributed by atoms with Gasteiger partial charge in [0.05, 0.1) is 5.60 Å². The predicted molar refractivity (Wildman–Crippen MR) is 71.4 cm³/mol. The fraction of sp³-hybridized carbons (Fsp3) is 0.615. The number of rotatable bonds is 5. The second kappa shape index (κ2) is 5.54. The number of amides is 1. The van der Waals surface area contributed by atoms with Gasteiger partial charge in [-0.2, -0.15) is 0 Å². The van der Waals surface area contributed by atoms with Gasteiger partial charge in [-0.05, 0) is 33.0 Å². The molecule has 0 radical (unpaired) electrons. The number of nitrogens with one attached hydrogen (secondary N) is 1. The Morgan fingerprint density at radius 1 is 1.33 bits per heavy atom. The molecule has 0 saturated heterocycles. The molecule has 0 saturated carbocycles. The highest BCUT2D eigenvalue weighted by molar-refractivity contribution is 5.92. The van der Waals surface area contributed by atoms with E-state index in [9.17, 15) is 9.90 Å². The summed E-state index contributed by atoms with van der Waals surface area (Å²) in [4.78, 5) is 18.4. The molecule has 0 bridgehead atoms. The lowest BCUT2D eigenvalue weighted by atomic mass is 10.1. The van der Waals surface area contributed by atoms with Gasteiger partial charge in [0, 0.05) is 32.9 Å². The zero-order chi connectivity index (χ0) is 13.9. The summed E-state index contributed by atoms with van der Waals surface area (Å²) in [5, 5.41) is 9.72. The van der Waals surface area contributed by atoms with Crippen molar-refractivity contribution in [2.75, 3.05) is 27.7 Å². The minimum atomic E-state index is -0.719. The van der Waals surface area contributed by atoms with Crippen molar-refractivity contribution in [3.05, 3.63) is 23.5 Å². The van der Waals surface area contributed by atoms with Crippen molar-refractivity contribution >= 4 is 5.91 Å². The third-order valence-electron chi connectivity index (χ3n) is 2.48. The number of aromatic amines is 1. The van der Waals surface area contributed by atoms with E-state index in [0.717, 1.165) is 5.69 Å². The third-order valence-corrected chi connectivity index (χ3v) is 2.48. The highest BCUT2D eigenvalue weighted by atomic mass is 16.3. The number of aliphatic hydroxyl groups is 1. The molecule has 0 aliphatic rings. The Balaban J connectivity index is 2.62. The van der Waals surface area contributed by atoms with Crippen molar-refractivity contribution in [1.29, 1.82) is 0 Å². The van der Waals surface area contributed by atoms with E-state index in [1.807, 2.05) is 18.0 Å². The summed E-state index contributed by atoms with van der Waals surface area (Å²) >= 11 is 0. The Bertz CT molecular complexity index is 405. The lowest BCUT2D eigenvalue weighted by Crippen LogP contribution is -2.35. The Hall–Kier alpha value is -1.33. The van der Waals surface area contributed by atoms with Gasteiger partial charge in [0.1, 0.15) is 5.69 Å². The van der Waals surface area contributed by atoms with Crippen molar-refractivity contribution < 1.29 is 9.90 Å². The number of nitrogens with zero attached hydrogens (tertiary/aromatic N) is 2. The van der Waals surface area contributed by atoms with Crippen LogP contribution < -0.4 is 0 Å². The standard InChI is InChI=1S/C13H23N3O2/c1-13(2,18)9-16(5)8-10-6-7-11(14-10)12(17)15(3)4/h6-7,14,18H,8-9H2,1-5H3. The molecule has 102 valence electrons. The summed E-state index contributed by atoms with van der Waals surface area (Å²) in [6.07, 6.45) is 0. The van der Waals surface area contributed by atoms with Crippen LogP contribution in [0.5, 0.6) is 0 Å². The SMILES string of the molecule is CN(Cc1ccc(C(=O)N(C)C)[nH]1)CC(C)(C)O. The van der Waals surface area contributed by atoms with Crippen LogP contribution in [0.25, 0.3) is 0 Å². The van der Waals surface area contributed by atoms with Gasteiger partial charge < -0.3 is 15.0 Å². The van der Waals surface area contributed by atoms with E-state index in [2.05, 4.69) is 4.98 Å². The maximum absolute atomic E-state index is 11.7. The van der Waals surface area contributed by atoms with Gasteiger partial charge in [-0.25, -0.2) is 0 Å². The smallest absolute Gasteiger partial charge is 0.269 e. The number of aromatic nitrogens is 1. The van der Waals surface area contributed by atoms with Crippen LogP contribution >= 0.6 is 0 Å². The van der Waals surface area contributed by atoms with Crippen molar-refractivity contribution in [3.63, 3.8) is 0 Å². The summed E-state index contributed by atoms with van der Waals surface area (Å²) in [6, 6.07) is 3.69. The van der Waals surface area contributed by atoms with E-state index in [1.165, 1.54) is 4.90 Å². The van der Waals surface area contributed by atoms with E-state index in [1.54, 1.807) is 34.0 Å². The molecule has 0 unspecified atom stereocenters. The van der Waals surface area contributed by atoms with Crippen molar-refractivity contribution in [2.24, 2.45) is 0 Å². The number of hydrogen-bond donors (Lipinski definition) is 2. The van der Waals surface area contributed by atoms with Gasteiger partial charge in [0.25, 0.3) is 5.91 Å². The average Bonchev–Trinajstić information content (AvgIpc) is 2.61. The minimum absolute atomic E-state index is 0.0357. The van der Waals surface area contributed by atoms with Crippen molar-refractivity contribution in [1.82, 2.24) is 14.8 Å². The van der Waals surface area contributed by atoms with Crippen LogP contribution in [-0.4, -0.2) is 59.1 Å². The number of likely N-dealkylation sites (N-methyl/N-ethyl adjacent to an activating group) is 1. The molecule has 1 aromatic heterocycles. The molecule has 1 aromatic rings. The van der Waals surface area contributed by atoms with Crippen LogP contribution in [0.4, 0.5) is 0 Å². The van der Waals surface area contributed by atoms with Crippen LogP contribution in [-0.2, 0) is 6.54 Å². The fourth-order valence-electron chi connectivity index (χ4n) is 1.91. The van der Waals surface area contributed by atoms with Crippen molar-refractivity contribution in [3.8, 4) is 0 Å². The lowest BCUT2D eigenvalue weighted by Gasteiger charge is -2.24. The predicted octanol–water partition coefficient (Wildman–Crippen LogP) is 0.919. The van der Waals surface area contributed by atoms with Crippen molar-refractivity contribution in [2.45, 2.75) is 26.0 Å². The first-order valence-corrected chi connectivity index (χ1v) is 5.99. The Kier molecular flexibility index (Phi) is 4.53. The molecule has 1 amide bonds. The van der Waals surface area contributed by atoms with Crippen LogP contribution in [0.1, 0.15) is 30.0 Å². The molecule has 2 N–H and O–H groups in total. The fourth-order valence-corrected chi connectivity index (χ4v) is 1.91. The third kappa shape index (κ3) is 4.50. The highest BCUT2D eigenvalue weighted by Crippen LogP contribution is 2.09. The summed E-state index contributed by atoms with van der Waals surface area (Å²) in [6.45, 7) is 4.80. The molecule has 5 heteroatoms. The van der Waals surface area contributed by atoms with E-state index >= 15 is 0 Å². The topological polar surface area (TPSA) is 59.6 Å². The maximum atomic E-state index is 11.7. The molecule has 1 heterocycles. The molecule has 0 atom stereocenters. The number of carbonyl (C=O) groups excluding carboxylic acids is 1. The van der Waals surface area contributed by atoms with Crippen LogP contribution in [0, 0.1) is 0 Å². The Morgan fingerprint density at radius 2 is 1.94 bits per heavy atom. The summed E-state index contributed by atoms with van der Waals surface area (Å²) in [5.74, 6) is -0.0357. The number of carbonyl (C=O) groups is 1. The molecule has 0 aliphatic carbocycles. The minimum Gasteiger partial charge on any atom is -0.389 e. The molecule has 0 aromatic carbocycles. The first kappa shape index (κ1) is 14.7. The van der Waals surface area contributed by atoms with E-state index < -0.39 is 5.60 Å². The van der Waals surface area contributed by atoms with Gasteiger partial charge in [-0.15, -0.1) is 0 Å². The van der Waals surface area contributed by atoms with Crippen LogP contribution in [0.2, 0.25) is 0 Å². The van der Waals surface area contributed by atoms with E-state index in [-0.39, 0.29) is 5.91 Å². The van der Waals surface area contributed by atoms with Crippen LogP contribution in [0.15, 0.2) is 12.1 Å². The molecule has 0 spiro atoms. The van der Waals surface area contributed by atoms with Gasteiger partial charge >= 0.3 is 0 Å². The normalized spacial score (nSPS) is 11.9. The van der Waals surface area contributed by atoms with Gasteiger partial charge in [-0.3, -0.25) is 9.69 Å². The Labute approximate surface area is 108 Å². The zero-order valence-corrected chi connectivity index (χ0v) is 11.8. The van der Waals surface area contributed by atoms with Crippen LogP contribution in [0.3, 0.4) is 0 Å². The van der Waals surface area contributed by atoms with E-state index in [0.29, 0.717) is 18.8 Å². The molecule has 18 heavy (non-hydrogen) atoms. The first-order chi connectivity index (χ1) is 8.19. The van der Waals surface area contributed by atoms with Gasteiger partial charge in [-0.1, -0.05) is 0 Å². The summed E-state index contributed by atoms with van der Waals surface area (Å²) in [5.41, 5.74) is 0.836. The maximum Gasteiger partial charge on any atom is 0.269 e. The highest BCUT2D eigenvalue weighted by Gasteiger charge is 2.16. The molecule has 5 nitrogen and oxygen atoms in total. The second-order valence-corrected chi connectivity index (χ2v) is 5.58. The largest absolute Gasteiger partial charge is 0.389 e. The lowest BCUT2D eigenvalue weighted by molar-refractivity contribution is 0.0421. The molecule has 0 fully saturated rings. The first-order valence-electron chi connectivity index (χ1n) is 5.99. The summed E-state index contributed by atoms with van der Waals surface area (Å²) in [7, 11) is 5.39. The average molecular weight is 253 g/mol. The Morgan fingerprint density at radius 3 is 2.44 bits per heavy atom. The van der Waals surface area contributed by atoms with E-state index in [4.69, 9.17) is 0 Å². The second-order valence-electron chi connectivity index (χ2n) is 5.58. The zero-order valence-electron chi connectivity index (χ0n) is 11.8. The molecule has 0 aliphatic heterocycles. The molecule has 1 rings (SSSR count). The van der Waals surface area contributed by atoms with Gasteiger partial charge in [0.15, 0.2) is 0 Å². The quantitative estimate of drug-likeness (QED) is 0.820. The van der Waals surface area contributed by atoms with Gasteiger partial charge in [0.2, 0.25) is 0 Å². The molecular weight excluding hydrogens is 230 g/mol. The number of H-pyrrole nitrogens is 1. The molecular formula is C13H23N3O2. The number of hydrogen-bond acceptors (Lipinski definition) is 3.